The Morgan fingerprint density at radius 3 is 2.79 bits per heavy atom. The molecule has 1 aliphatic heterocycles. The molecule has 1 atom stereocenters. The lowest BCUT2D eigenvalue weighted by Crippen LogP contribution is -2.33. The minimum Gasteiger partial charge on any atom is -0.496 e. The van der Waals surface area contributed by atoms with E-state index in [2.05, 4.69) is 24.4 Å². The van der Waals surface area contributed by atoms with Gasteiger partial charge in [-0.1, -0.05) is 18.2 Å². The minimum atomic E-state index is 0.104. The summed E-state index contributed by atoms with van der Waals surface area (Å²) in [7, 11) is 1.73. The molecule has 14 heavy (non-hydrogen) atoms. The summed E-state index contributed by atoms with van der Waals surface area (Å²) in [4.78, 5) is 0. The van der Waals surface area contributed by atoms with Crippen LogP contribution < -0.4 is 10.1 Å². The molecule has 1 unspecified atom stereocenters. The molecule has 2 rings (SSSR count). The lowest BCUT2D eigenvalue weighted by atomic mass is 9.90. The van der Waals surface area contributed by atoms with E-state index in [-0.39, 0.29) is 5.54 Å². The summed E-state index contributed by atoms with van der Waals surface area (Å²) in [5.41, 5.74) is 1.38. The summed E-state index contributed by atoms with van der Waals surface area (Å²) in [5.74, 6) is 0.990. The summed E-state index contributed by atoms with van der Waals surface area (Å²) >= 11 is 0. The van der Waals surface area contributed by atoms with Crippen molar-refractivity contribution in [2.45, 2.75) is 25.3 Å². The molecule has 0 aromatic heterocycles. The van der Waals surface area contributed by atoms with Gasteiger partial charge in [0.15, 0.2) is 0 Å². The van der Waals surface area contributed by atoms with Gasteiger partial charge in [-0.3, -0.25) is 0 Å². The van der Waals surface area contributed by atoms with E-state index in [0.29, 0.717) is 0 Å². The lowest BCUT2D eigenvalue weighted by Gasteiger charge is -2.26. The van der Waals surface area contributed by atoms with Gasteiger partial charge in [0, 0.05) is 11.1 Å². The molecule has 1 aliphatic rings. The molecule has 0 aliphatic carbocycles. The fourth-order valence-corrected chi connectivity index (χ4v) is 2.22. The van der Waals surface area contributed by atoms with Crippen LogP contribution in [0.2, 0.25) is 0 Å². The largest absolute Gasteiger partial charge is 0.496 e. The van der Waals surface area contributed by atoms with Crippen LogP contribution in [-0.4, -0.2) is 13.7 Å². The van der Waals surface area contributed by atoms with Gasteiger partial charge in [-0.2, -0.15) is 0 Å². The third kappa shape index (κ3) is 1.50. The highest BCUT2D eigenvalue weighted by Crippen LogP contribution is 2.35. The molecule has 1 saturated heterocycles. The van der Waals surface area contributed by atoms with Crippen molar-refractivity contribution in [2.75, 3.05) is 13.7 Å². The van der Waals surface area contributed by atoms with Gasteiger partial charge in [0.25, 0.3) is 0 Å². The quantitative estimate of drug-likeness (QED) is 0.774. The second-order valence-electron chi connectivity index (χ2n) is 4.06. The third-order valence-corrected chi connectivity index (χ3v) is 3.07. The van der Waals surface area contributed by atoms with Crippen LogP contribution >= 0.6 is 0 Å². The van der Waals surface area contributed by atoms with Crippen LogP contribution in [0.1, 0.15) is 25.3 Å². The van der Waals surface area contributed by atoms with Gasteiger partial charge < -0.3 is 10.1 Å². The molecular formula is C12H17NO. The molecule has 1 fully saturated rings. The number of hydrogen-bond acceptors (Lipinski definition) is 2. The number of para-hydroxylation sites is 1. The molecule has 0 saturated carbocycles. The number of benzene rings is 1. The first-order valence-corrected chi connectivity index (χ1v) is 5.15. The molecule has 2 heteroatoms. The molecule has 76 valence electrons. The highest BCUT2D eigenvalue weighted by atomic mass is 16.5. The van der Waals surface area contributed by atoms with Gasteiger partial charge in [-0.15, -0.1) is 0 Å². The SMILES string of the molecule is COc1ccccc1C1(C)CCCN1. The molecule has 1 aromatic carbocycles. The first-order valence-electron chi connectivity index (χ1n) is 5.15. The predicted molar refractivity (Wildman–Crippen MR) is 57.6 cm³/mol. The first kappa shape index (κ1) is 9.53. The smallest absolute Gasteiger partial charge is 0.123 e. The maximum absolute atomic E-state index is 5.38. The Kier molecular flexibility index (Phi) is 2.46. The maximum Gasteiger partial charge on any atom is 0.123 e. The van der Waals surface area contributed by atoms with Crippen molar-refractivity contribution < 1.29 is 4.74 Å². The zero-order valence-corrected chi connectivity index (χ0v) is 8.84. The first-order chi connectivity index (χ1) is 6.76. The Labute approximate surface area is 85.3 Å². The molecule has 0 radical (unpaired) electrons. The number of ether oxygens (including phenoxy) is 1. The van der Waals surface area contributed by atoms with Crippen LogP contribution in [-0.2, 0) is 5.54 Å². The molecule has 1 aromatic rings. The summed E-state index contributed by atoms with van der Waals surface area (Å²) < 4.78 is 5.38. The summed E-state index contributed by atoms with van der Waals surface area (Å²) in [6.07, 6.45) is 2.43. The minimum absolute atomic E-state index is 0.104. The highest BCUT2D eigenvalue weighted by molar-refractivity contribution is 5.39. The Bertz CT molecular complexity index is 316. The number of rotatable bonds is 2. The van der Waals surface area contributed by atoms with Gasteiger partial charge in [-0.05, 0) is 32.4 Å². The van der Waals surface area contributed by atoms with Crippen LogP contribution in [0.15, 0.2) is 24.3 Å². The second kappa shape index (κ2) is 3.62. The average Bonchev–Trinajstić information content (AvgIpc) is 2.66. The Morgan fingerprint density at radius 2 is 2.14 bits per heavy atom. The van der Waals surface area contributed by atoms with E-state index in [1.165, 1.54) is 18.4 Å². The number of methoxy groups -OCH3 is 1. The normalized spacial score (nSPS) is 26.4. The van der Waals surface area contributed by atoms with Crippen molar-refractivity contribution in [3.05, 3.63) is 29.8 Å². The van der Waals surface area contributed by atoms with Crippen molar-refractivity contribution in [3.63, 3.8) is 0 Å². The van der Waals surface area contributed by atoms with E-state index in [9.17, 15) is 0 Å². The molecule has 0 amide bonds. The number of hydrogen-bond donors (Lipinski definition) is 1. The summed E-state index contributed by atoms with van der Waals surface area (Å²) in [6.45, 7) is 3.35. The van der Waals surface area contributed by atoms with Crippen molar-refractivity contribution in [1.82, 2.24) is 5.32 Å². The van der Waals surface area contributed by atoms with Crippen molar-refractivity contribution in [3.8, 4) is 5.75 Å². The molecule has 1 heterocycles. The Morgan fingerprint density at radius 1 is 1.36 bits per heavy atom. The Balaban J connectivity index is 2.39. The highest BCUT2D eigenvalue weighted by Gasteiger charge is 2.32. The van der Waals surface area contributed by atoms with E-state index < -0.39 is 0 Å². The van der Waals surface area contributed by atoms with Gasteiger partial charge in [0.2, 0.25) is 0 Å². The van der Waals surface area contributed by atoms with Gasteiger partial charge >= 0.3 is 0 Å². The van der Waals surface area contributed by atoms with E-state index in [0.717, 1.165) is 12.3 Å². The van der Waals surface area contributed by atoms with Crippen LogP contribution in [0.3, 0.4) is 0 Å². The van der Waals surface area contributed by atoms with E-state index in [1.54, 1.807) is 7.11 Å². The van der Waals surface area contributed by atoms with Gasteiger partial charge in [-0.25, -0.2) is 0 Å². The number of nitrogens with one attached hydrogen (secondary N) is 1. The maximum atomic E-state index is 5.38. The van der Waals surface area contributed by atoms with Crippen molar-refractivity contribution in [1.29, 1.82) is 0 Å². The fourth-order valence-electron chi connectivity index (χ4n) is 2.22. The molecule has 0 spiro atoms. The molecular weight excluding hydrogens is 174 g/mol. The van der Waals surface area contributed by atoms with Crippen LogP contribution in [0.4, 0.5) is 0 Å². The van der Waals surface area contributed by atoms with Crippen molar-refractivity contribution >= 4 is 0 Å². The zero-order chi connectivity index (χ0) is 10.0. The molecule has 2 nitrogen and oxygen atoms in total. The predicted octanol–water partition coefficient (Wildman–Crippen LogP) is 2.29. The van der Waals surface area contributed by atoms with Crippen LogP contribution in [0.5, 0.6) is 5.75 Å². The third-order valence-electron chi connectivity index (χ3n) is 3.07. The Hall–Kier alpha value is -1.02. The van der Waals surface area contributed by atoms with Crippen molar-refractivity contribution in [2.24, 2.45) is 0 Å². The molecule has 0 bridgehead atoms. The van der Waals surface area contributed by atoms with Gasteiger partial charge in [0.05, 0.1) is 7.11 Å². The van der Waals surface area contributed by atoms with E-state index in [4.69, 9.17) is 4.74 Å². The summed E-state index contributed by atoms with van der Waals surface area (Å²) in [5, 5.41) is 3.54. The standard InChI is InChI=1S/C12H17NO/c1-12(8-5-9-13-12)10-6-3-4-7-11(10)14-2/h3-4,6-7,13H,5,8-9H2,1-2H3. The lowest BCUT2D eigenvalue weighted by molar-refractivity contribution is 0.371. The monoisotopic (exact) mass is 191 g/mol. The van der Waals surface area contributed by atoms with E-state index >= 15 is 0 Å². The van der Waals surface area contributed by atoms with Gasteiger partial charge in [0.1, 0.15) is 5.75 Å². The fraction of sp³-hybridized carbons (Fsp3) is 0.500. The van der Waals surface area contributed by atoms with Crippen LogP contribution in [0.25, 0.3) is 0 Å². The zero-order valence-electron chi connectivity index (χ0n) is 8.84. The topological polar surface area (TPSA) is 21.3 Å². The second-order valence-corrected chi connectivity index (χ2v) is 4.06. The summed E-state index contributed by atoms with van der Waals surface area (Å²) in [6, 6.07) is 8.27. The average molecular weight is 191 g/mol. The molecule has 1 N–H and O–H groups in total. The van der Waals surface area contributed by atoms with E-state index in [1.807, 2.05) is 12.1 Å². The van der Waals surface area contributed by atoms with Crippen LogP contribution in [0, 0.1) is 0 Å².